The van der Waals surface area contributed by atoms with Gasteiger partial charge in [-0.3, -0.25) is 4.72 Å². The van der Waals surface area contributed by atoms with Crippen molar-refractivity contribution in [2.24, 2.45) is 5.73 Å². The van der Waals surface area contributed by atoms with Crippen LogP contribution in [0.1, 0.15) is 13.8 Å². The van der Waals surface area contributed by atoms with Crippen molar-refractivity contribution in [1.82, 2.24) is 10.3 Å². The lowest BCUT2D eigenvalue weighted by atomic mass is 10.4. The van der Waals surface area contributed by atoms with Crippen molar-refractivity contribution in [3.63, 3.8) is 0 Å². The number of alkyl carbamates (subject to hydrolysis) is 1. The summed E-state index contributed by atoms with van der Waals surface area (Å²) < 4.78 is 36.9. The highest BCUT2D eigenvalue weighted by Crippen LogP contribution is 2.26. The zero-order valence-electron chi connectivity index (χ0n) is 13.4. The van der Waals surface area contributed by atoms with E-state index < -0.39 is 16.1 Å². The maximum Gasteiger partial charge on any atom is 0.407 e. The third-order valence-corrected chi connectivity index (χ3v) is 4.17. The van der Waals surface area contributed by atoms with E-state index in [0.29, 0.717) is 4.47 Å². The Labute approximate surface area is 149 Å². The molecule has 0 aliphatic rings. The van der Waals surface area contributed by atoms with Crippen LogP contribution in [0.5, 0.6) is 5.88 Å². The molecule has 0 fully saturated rings. The van der Waals surface area contributed by atoms with Gasteiger partial charge in [0.1, 0.15) is 18.9 Å². The highest BCUT2D eigenvalue weighted by molar-refractivity contribution is 9.10. The van der Waals surface area contributed by atoms with Gasteiger partial charge in [0, 0.05) is 23.3 Å². The Balaban J connectivity index is 2.63. The fourth-order valence-corrected chi connectivity index (χ4v) is 2.76. The lowest BCUT2D eigenvalue weighted by Gasteiger charge is -2.13. The Bertz CT molecular complexity index is 654. The number of halogens is 1. The van der Waals surface area contributed by atoms with Crippen LogP contribution in [-0.2, 0) is 14.8 Å². The number of sulfonamides is 1. The largest absolute Gasteiger partial charge is 0.473 e. The molecular weight excluding hydrogens is 404 g/mol. The van der Waals surface area contributed by atoms with Gasteiger partial charge in [-0.15, -0.1) is 0 Å². The van der Waals surface area contributed by atoms with Crippen LogP contribution in [0.15, 0.2) is 16.7 Å². The molecule has 4 N–H and O–H groups in total. The molecule has 136 valence electrons. The first-order valence-electron chi connectivity index (χ1n) is 7.15. The standard InChI is InChI=1S/C13H21BrN4O5S/c1-9(2)17-13(19)23-5-4-22-12-11(7-10(14)8-16-12)18-24(20,21)6-3-15/h7-9,18H,3-6,15H2,1-2H3,(H,17,19). The first-order chi connectivity index (χ1) is 11.2. The van der Waals surface area contributed by atoms with Crippen molar-refractivity contribution in [2.45, 2.75) is 19.9 Å². The number of anilines is 1. The lowest BCUT2D eigenvalue weighted by molar-refractivity contribution is 0.122. The fraction of sp³-hybridized carbons (Fsp3) is 0.538. The average Bonchev–Trinajstić information content (AvgIpc) is 2.44. The fourth-order valence-electron chi connectivity index (χ4n) is 1.54. The van der Waals surface area contributed by atoms with E-state index >= 15 is 0 Å². The van der Waals surface area contributed by atoms with Gasteiger partial charge < -0.3 is 20.5 Å². The van der Waals surface area contributed by atoms with Gasteiger partial charge in [0.05, 0.1) is 5.75 Å². The van der Waals surface area contributed by atoms with E-state index in [1.165, 1.54) is 12.3 Å². The molecule has 0 aromatic carbocycles. The monoisotopic (exact) mass is 424 g/mol. The summed E-state index contributed by atoms with van der Waals surface area (Å²) in [5, 5.41) is 2.56. The molecule has 1 aromatic rings. The van der Waals surface area contributed by atoms with Gasteiger partial charge in [-0.25, -0.2) is 18.2 Å². The van der Waals surface area contributed by atoms with Crippen molar-refractivity contribution < 1.29 is 22.7 Å². The summed E-state index contributed by atoms with van der Waals surface area (Å²) in [6.07, 6.45) is 0.906. The van der Waals surface area contributed by atoms with Crippen molar-refractivity contribution in [3.8, 4) is 5.88 Å². The minimum absolute atomic E-state index is 0.00818. The highest BCUT2D eigenvalue weighted by atomic mass is 79.9. The van der Waals surface area contributed by atoms with E-state index in [1.807, 2.05) is 13.8 Å². The molecule has 0 radical (unpaired) electrons. The van der Waals surface area contributed by atoms with Crippen LogP contribution in [-0.4, -0.2) is 51.0 Å². The topological polar surface area (TPSA) is 133 Å². The van der Waals surface area contributed by atoms with Crippen molar-refractivity contribution in [2.75, 3.05) is 30.2 Å². The molecule has 0 bridgehead atoms. The normalized spacial score (nSPS) is 11.2. The Kier molecular flexibility index (Phi) is 8.22. The number of nitrogens with zero attached hydrogens (tertiary/aromatic N) is 1. The molecule has 11 heteroatoms. The van der Waals surface area contributed by atoms with Crippen molar-refractivity contribution in [1.29, 1.82) is 0 Å². The summed E-state index contributed by atoms with van der Waals surface area (Å²) in [4.78, 5) is 15.3. The number of nitrogens with one attached hydrogen (secondary N) is 2. The van der Waals surface area contributed by atoms with Crippen molar-refractivity contribution in [3.05, 3.63) is 16.7 Å². The number of nitrogens with two attached hydrogens (primary N) is 1. The van der Waals surface area contributed by atoms with Crippen LogP contribution >= 0.6 is 15.9 Å². The Hall–Kier alpha value is -1.59. The number of carbonyl (C=O) groups excluding carboxylic acids is 1. The minimum atomic E-state index is -3.59. The molecule has 0 saturated heterocycles. The molecule has 1 rings (SSSR count). The van der Waals surface area contributed by atoms with Gasteiger partial charge in [-0.1, -0.05) is 0 Å². The molecule has 24 heavy (non-hydrogen) atoms. The molecule has 0 unspecified atom stereocenters. The SMILES string of the molecule is CC(C)NC(=O)OCCOc1ncc(Br)cc1NS(=O)(=O)CCN. The molecule has 0 saturated carbocycles. The predicted octanol–water partition coefficient (Wildman–Crippen LogP) is 1.06. The molecule has 0 aliphatic heterocycles. The summed E-state index contributed by atoms with van der Waals surface area (Å²) in [5.41, 5.74) is 5.44. The van der Waals surface area contributed by atoms with E-state index in [1.54, 1.807) is 0 Å². The van der Waals surface area contributed by atoms with Crippen LogP contribution in [0.2, 0.25) is 0 Å². The van der Waals surface area contributed by atoms with Gasteiger partial charge in [-0.2, -0.15) is 0 Å². The smallest absolute Gasteiger partial charge is 0.407 e. The van der Waals surface area contributed by atoms with Crippen LogP contribution in [0, 0.1) is 0 Å². The first kappa shape index (κ1) is 20.5. The summed E-state index contributed by atoms with van der Waals surface area (Å²) in [6.45, 7) is 3.62. The van der Waals surface area contributed by atoms with E-state index in [4.69, 9.17) is 15.2 Å². The predicted molar refractivity (Wildman–Crippen MR) is 93.5 cm³/mol. The average molecular weight is 425 g/mol. The van der Waals surface area contributed by atoms with Gasteiger partial charge in [-0.05, 0) is 35.8 Å². The molecule has 0 aliphatic carbocycles. The number of rotatable bonds is 9. The van der Waals surface area contributed by atoms with Crippen LogP contribution in [0.3, 0.4) is 0 Å². The maximum absolute atomic E-state index is 11.8. The second-order valence-corrected chi connectivity index (χ2v) is 7.76. The number of carbonyl (C=O) groups is 1. The second-order valence-electron chi connectivity index (χ2n) is 5.00. The summed E-state index contributed by atoms with van der Waals surface area (Å²) in [7, 11) is -3.59. The van der Waals surface area contributed by atoms with Crippen LogP contribution in [0.25, 0.3) is 0 Å². The number of ether oxygens (including phenoxy) is 2. The van der Waals surface area contributed by atoms with Gasteiger partial charge in [0.25, 0.3) is 0 Å². The van der Waals surface area contributed by atoms with Gasteiger partial charge >= 0.3 is 6.09 Å². The van der Waals surface area contributed by atoms with Crippen LogP contribution in [0.4, 0.5) is 10.5 Å². The molecule has 1 amide bonds. The number of hydrogen-bond acceptors (Lipinski definition) is 7. The summed E-state index contributed by atoms with van der Waals surface area (Å²) in [5.74, 6) is -0.149. The molecule has 0 spiro atoms. The van der Waals surface area contributed by atoms with E-state index in [0.717, 1.165) is 0 Å². The molecule has 1 aromatic heterocycles. The molecule has 1 heterocycles. The van der Waals surface area contributed by atoms with Crippen molar-refractivity contribution >= 4 is 37.7 Å². The third-order valence-electron chi connectivity index (χ3n) is 2.43. The lowest BCUT2D eigenvalue weighted by Crippen LogP contribution is -2.31. The highest BCUT2D eigenvalue weighted by Gasteiger charge is 2.15. The third kappa shape index (κ3) is 7.79. The summed E-state index contributed by atoms with van der Waals surface area (Å²) in [6, 6.07) is 1.48. The minimum Gasteiger partial charge on any atom is -0.473 e. The second kappa shape index (κ2) is 9.64. The van der Waals surface area contributed by atoms with Crippen LogP contribution < -0.4 is 20.5 Å². The van der Waals surface area contributed by atoms with Gasteiger partial charge in [0.2, 0.25) is 15.9 Å². The Morgan fingerprint density at radius 3 is 2.75 bits per heavy atom. The van der Waals surface area contributed by atoms with E-state index in [-0.39, 0.29) is 43.1 Å². The number of hydrogen-bond donors (Lipinski definition) is 3. The van der Waals surface area contributed by atoms with Gasteiger partial charge in [0.15, 0.2) is 0 Å². The molecule has 9 nitrogen and oxygen atoms in total. The molecule has 0 atom stereocenters. The Morgan fingerprint density at radius 2 is 2.12 bits per heavy atom. The van der Waals surface area contributed by atoms with E-state index in [9.17, 15) is 13.2 Å². The first-order valence-corrected chi connectivity index (χ1v) is 9.60. The molecular formula is C13H21BrN4O5S. The zero-order valence-corrected chi connectivity index (χ0v) is 15.8. The maximum atomic E-state index is 11.8. The number of aromatic nitrogens is 1. The zero-order chi connectivity index (χ0) is 18.2. The Morgan fingerprint density at radius 1 is 1.42 bits per heavy atom. The number of amides is 1. The summed E-state index contributed by atoms with van der Waals surface area (Å²) >= 11 is 3.21. The quantitative estimate of drug-likeness (QED) is 0.504. The number of pyridine rings is 1. The van der Waals surface area contributed by atoms with E-state index in [2.05, 4.69) is 31.0 Å².